The highest BCUT2D eigenvalue weighted by atomic mass is 16.5. The second kappa shape index (κ2) is 9.26. The highest BCUT2D eigenvalue weighted by Crippen LogP contribution is 2.39. The van der Waals surface area contributed by atoms with Gasteiger partial charge in [-0.05, 0) is 51.3 Å². The fourth-order valence-electron chi connectivity index (χ4n) is 4.16. The Morgan fingerprint density at radius 3 is 2.62 bits per heavy atom. The number of nitrogens with one attached hydrogen (secondary N) is 1. The zero-order valence-corrected chi connectivity index (χ0v) is 18.5. The SMILES string of the molecule is Cc1cnc(C)n1CCCCCN1C(=O)C(c2cccc(C(=N)N)c2)Oc2ccccc21. The van der Waals surface area contributed by atoms with Crippen LogP contribution in [0.1, 0.15) is 48.0 Å². The molecule has 1 aliphatic rings. The maximum atomic E-state index is 13.4. The van der Waals surface area contributed by atoms with Crippen molar-refractivity contribution in [2.75, 3.05) is 11.4 Å². The Balaban J connectivity index is 1.46. The van der Waals surface area contributed by atoms with Crippen molar-refractivity contribution in [3.05, 3.63) is 77.4 Å². The maximum Gasteiger partial charge on any atom is 0.272 e. The van der Waals surface area contributed by atoms with Crippen molar-refractivity contribution < 1.29 is 9.53 Å². The van der Waals surface area contributed by atoms with E-state index in [0.29, 0.717) is 23.4 Å². The molecule has 32 heavy (non-hydrogen) atoms. The summed E-state index contributed by atoms with van der Waals surface area (Å²) in [5.74, 6) is 1.60. The molecule has 4 rings (SSSR count). The predicted molar refractivity (Wildman–Crippen MR) is 125 cm³/mol. The van der Waals surface area contributed by atoms with Crippen LogP contribution in [0.3, 0.4) is 0 Å². The van der Waals surface area contributed by atoms with E-state index >= 15 is 0 Å². The average Bonchev–Trinajstić information content (AvgIpc) is 3.12. The second-order valence-corrected chi connectivity index (χ2v) is 8.15. The number of fused-ring (bicyclic) bond motifs is 1. The molecule has 2 heterocycles. The van der Waals surface area contributed by atoms with Crippen LogP contribution < -0.4 is 15.4 Å². The smallest absolute Gasteiger partial charge is 0.272 e. The van der Waals surface area contributed by atoms with Crippen LogP contribution in [-0.2, 0) is 11.3 Å². The number of carbonyl (C=O) groups excluding carboxylic acids is 1. The predicted octanol–water partition coefficient (Wildman–Crippen LogP) is 4.12. The van der Waals surface area contributed by atoms with Crippen molar-refractivity contribution >= 4 is 17.4 Å². The highest BCUT2D eigenvalue weighted by molar-refractivity contribution is 6.01. The third-order valence-electron chi connectivity index (χ3n) is 5.91. The molecule has 0 saturated heterocycles. The van der Waals surface area contributed by atoms with E-state index in [4.69, 9.17) is 15.9 Å². The summed E-state index contributed by atoms with van der Waals surface area (Å²) in [6.45, 7) is 5.66. The van der Waals surface area contributed by atoms with Gasteiger partial charge in [0.15, 0.2) is 0 Å². The topological polar surface area (TPSA) is 97.2 Å². The normalized spacial score (nSPS) is 15.4. The van der Waals surface area contributed by atoms with Crippen LogP contribution in [0, 0.1) is 19.3 Å². The first-order valence-electron chi connectivity index (χ1n) is 11.0. The number of ether oxygens (including phenoxy) is 1. The number of benzene rings is 2. The summed E-state index contributed by atoms with van der Waals surface area (Å²) in [7, 11) is 0. The van der Waals surface area contributed by atoms with Crippen molar-refractivity contribution in [3.63, 3.8) is 0 Å². The molecule has 3 N–H and O–H groups in total. The fraction of sp³-hybridized carbons (Fsp3) is 0.320. The highest BCUT2D eigenvalue weighted by Gasteiger charge is 2.35. The van der Waals surface area contributed by atoms with Gasteiger partial charge in [-0.15, -0.1) is 0 Å². The summed E-state index contributed by atoms with van der Waals surface area (Å²) in [6, 6.07) is 14.8. The molecule has 0 bridgehead atoms. The molecule has 1 amide bonds. The Bertz CT molecular complexity index is 1120. The lowest BCUT2D eigenvalue weighted by Crippen LogP contribution is -2.41. The maximum absolute atomic E-state index is 13.4. The molecule has 3 aromatic rings. The molecule has 1 unspecified atom stereocenters. The second-order valence-electron chi connectivity index (χ2n) is 8.15. The first kappa shape index (κ1) is 21.6. The van der Waals surface area contributed by atoms with Crippen molar-refractivity contribution in [2.45, 2.75) is 45.8 Å². The van der Waals surface area contributed by atoms with Gasteiger partial charge in [-0.2, -0.15) is 0 Å². The van der Waals surface area contributed by atoms with Gasteiger partial charge in [-0.3, -0.25) is 10.2 Å². The number of hydrogen-bond acceptors (Lipinski definition) is 4. The number of anilines is 1. The number of nitrogen functional groups attached to an aromatic ring is 1. The lowest BCUT2D eigenvalue weighted by molar-refractivity contribution is -0.126. The minimum atomic E-state index is -0.750. The van der Waals surface area contributed by atoms with E-state index in [-0.39, 0.29) is 11.7 Å². The summed E-state index contributed by atoms with van der Waals surface area (Å²) in [6.07, 6.45) is 4.09. The number of imidazole rings is 1. The first-order valence-corrected chi connectivity index (χ1v) is 11.0. The summed E-state index contributed by atoms with van der Waals surface area (Å²) in [4.78, 5) is 19.6. The van der Waals surface area contributed by atoms with Crippen LogP contribution in [0.5, 0.6) is 5.75 Å². The molecule has 0 fully saturated rings. The molecule has 1 aromatic heterocycles. The molecule has 166 valence electrons. The molecule has 0 spiro atoms. The van der Waals surface area contributed by atoms with Gasteiger partial charge in [0.2, 0.25) is 6.10 Å². The van der Waals surface area contributed by atoms with Crippen molar-refractivity contribution in [1.82, 2.24) is 9.55 Å². The van der Waals surface area contributed by atoms with Crippen LogP contribution in [-0.4, -0.2) is 27.8 Å². The Morgan fingerprint density at radius 1 is 1.09 bits per heavy atom. The molecular weight excluding hydrogens is 402 g/mol. The number of nitrogens with two attached hydrogens (primary N) is 1. The number of aromatic nitrogens is 2. The average molecular weight is 432 g/mol. The third kappa shape index (κ3) is 4.37. The number of aryl methyl sites for hydroxylation is 2. The summed E-state index contributed by atoms with van der Waals surface area (Å²) in [5, 5.41) is 7.70. The van der Waals surface area contributed by atoms with Crippen molar-refractivity contribution in [2.24, 2.45) is 5.73 Å². The van der Waals surface area contributed by atoms with E-state index in [1.54, 1.807) is 18.2 Å². The molecule has 1 atom stereocenters. The van der Waals surface area contributed by atoms with Crippen molar-refractivity contribution in [1.29, 1.82) is 5.41 Å². The molecule has 1 aliphatic heterocycles. The largest absolute Gasteiger partial charge is 0.474 e. The molecular formula is C25H29N5O2. The van der Waals surface area contributed by atoms with Crippen LogP contribution in [0.15, 0.2) is 54.7 Å². The standard InChI is InChI=1S/C25H29N5O2/c1-17-16-28-18(2)29(17)13-6-3-7-14-30-21-11-4-5-12-22(21)32-23(25(30)31)19-9-8-10-20(15-19)24(26)27/h4-5,8-12,15-16,23H,3,6-7,13-14H2,1-2H3,(H3,26,27). The zero-order chi connectivity index (χ0) is 22.7. The number of rotatable bonds is 8. The van der Waals surface area contributed by atoms with E-state index in [9.17, 15) is 4.79 Å². The molecule has 0 saturated carbocycles. The van der Waals surface area contributed by atoms with E-state index in [1.807, 2.05) is 48.4 Å². The Morgan fingerprint density at radius 2 is 1.88 bits per heavy atom. The van der Waals surface area contributed by atoms with E-state index in [1.165, 1.54) is 5.69 Å². The molecule has 0 aliphatic carbocycles. The number of carbonyl (C=O) groups is 1. The van der Waals surface area contributed by atoms with Gasteiger partial charge in [0.05, 0.1) is 5.69 Å². The van der Waals surface area contributed by atoms with Crippen LogP contribution in [0.4, 0.5) is 5.69 Å². The molecule has 7 nitrogen and oxygen atoms in total. The van der Waals surface area contributed by atoms with Crippen LogP contribution >= 0.6 is 0 Å². The monoisotopic (exact) mass is 431 g/mol. The van der Waals surface area contributed by atoms with Crippen LogP contribution in [0.25, 0.3) is 0 Å². The molecule has 2 aromatic carbocycles. The van der Waals surface area contributed by atoms with Gasteiger partial charge in [-0.25, -0.2) is 4.98 Å². The van der Waals surface area contributed by atoms with Gasteiger partial charge < -0.3 is 19.9 Å². The zero-order valence-electron chi connectivity index (χ0n) is 18.5. The van der Waals surface area contributed by atoms with Gasteiger partial charge in [0.25, 0.3) is 5.91 Å². The molecule has 7 heteroatoms. The fourth-order valence-corrected chi connectivity index (χ4v) is 4.16. The number of amides is 1. The van der Waals surface area contributed by atoms with E-state index in [2.05, 4.69) is 16.5 Å². The minimum absolute atomic E-state index is 0.0317. The lowest BCUT2D eigenvalue weighted by atomic mass is 10.0. The number of amidine groups is 1. The summed E-state index contributed by atoms with van der Waals surface area (Å²) >= 11 is 0. The Kier molecular flexibility index (Phi) is 6.25. The van der Waals surface area contributed by atoms with E-state index < -0.39 is 6.10 Å². The number of hydrogen-bond donors (Lipinski definition) is 2. The van der Waals surface area contributed by atoms with Crippen LogP contribution in [0.2, 0.25) is 0 Å². The van der Waals surface area contributed by atoms with Gasteiger partial charge in [-0.1, -0.05) is 30.3 Å². The van der Waals surface area contributed by atoms with E-state index in [0.717, 1.165) is 37.3 Å². The minimum Gasteiger partial charge on any atom is -0.474 e. The first-order chi connectivity index (χ1) is 15.5. The number of unbranched alkanes of at least 4 members (excludes halogenated alkanes) is 2. The van der Waals surface area contributed by atoms with Gasteiger partial charge in [0.1, 0.15) is 17.4 Å². The number of nitrogens with zero attached hydrogens (tertiary/aromatic N) is 3. The van der Waals surface area contributed by atoms with Gasteiger partial charge in [0, 0.05) is 36.1 Å². The Hall–Kier alpha value is -3.61. The number of para-hydroxylation sites is 2. The molecule has 0 radical (unpaired) electrons. The van der Waals surface area contributed by atoms with Gasteiger partial charge >= 0.3 is 0 Å². The Labute approximate surface area is 188 Å². The third-order valence-corrected chi connectivity index (χ3v) is 5.91. The summed E-state index contributed by atoms with van der Waals surface area (Å²) < 4.78 is 8.31. The lowest BCUT2D eigenvalue weighted by Gasteiger charge is -2.34. The summed E-state index contributed by atoms with van der Waals surface area (Å²) in [5.41, 5.74) is 8.90. The quantitative estimate of drug-likeness (QED) is 0.318. The van der Waals surface area contributed by atoms with Crippen molar-refractivity contribution in [3.8, 4) is 5.75 Å².